The van der Waals surface area contributed by atoms with E-state index >= 15 is 18.4 Å². The Morgan fingerprint density at radius 1 is 0.512 bits per heavy atom. The van der Waals surface area contributed by atoms with Crippen molar-refractivity contribution in [1.29, 1.82) is 0 Å². The Hall–Kier alpha value is -5.57. The zero-order chi connectivity index (χ0) is 61.0. The van der Waals surface area contributed by atoms with E-state index in [1.54, 1.807) is 26.0 Å². The van der Waals surface area contributed by atoms with E-state index in [1.165, 1.54) is 69.7 Å². The van der Waals surface area contributed by atoms with Crippen molar-refractivity contribution in [3.8, 4) is 0 Å². The third-order valence-corrected chi connectivity index (χ3v) is 15.8. The molecule has 2 aromatic carbocycles. The van der Waals surface area contributed by atoms with E-state index in [2.05, 4.69) is 0 Å². The number of amides is 4. The minimum absolute atomic E-state index is 0.00306. The SMILES string of the molecule is CC(C)C[C@H]1C(=O)O[C@H](C)C(=O)N(C)[C@@H](CC(C)(C)F)C(=O)O[C@H](Cc2ccc(C3CCOCC3)cc2)C(=O)N(C)[C@@H](CC(C)C)C(O)O[C@H](C)C(=O)N(C)[C@@H](CC(C)(C)F)C(=O)O[C@H](Cc2ccc(C3CCOCC3)cc2)C(=O)N1C. The number of esters is 3. The molecule has 82 heavy (non-hydrogen) atoms. The summed E-state index contributed by atoms with van der Waals surface area (Å²) in [5.41, 5.74) is -0.902. The van der Waals surface area contributed by atoms with Gasteiger partial charge in [-0.25, -0.2) is 23.2 Å². The van der Waals surface area contributed by atoms with Crippen molar-refractivity contribution in [2.45, 2.75) is 211 Å². The molecule has 18 nitrogen and oxygen atoms in total. The largest absolute Gasteiger partial charge is 0.451 e. The number of likely N-dealkylation sites (N-methyl/N-ethyl adjacent to an activating group) is 4. The third-order valence-electron chi connectivity index (χ3n) is 15.8. The van der Waals surface area contributed by atoms with Gasteiger partial charge >= 0.3 is 17.9 Å². The number of cyclic esters (lactones) is 3. The predicted octanol–water partition coefficient (Wildman–Crippen LogP) is 7.43. The maximum Gasteiger partial charge on any atom is 0.329 e. The molecule has 3 aliphatic rings. The van der Waals surface area contributed by atoms with Gasteiger partial charge in [0.1, 0.15) is 35.6 Å². The van der Waals surface area contributed by atoms with E-state index < -0.39 is 121 Å². The Balaban J connectivity index is 1.61. The molecular weight excluding hydrogens is 1060 g/mol. The van der Waals surface area contributed by atoms with Crippen molar-refractivity contribution < 1.29 is 75.9 Å². The molecule has 0 aliphatic carbocycles. The van der Waals surface area contributed by atoms with Crippen LogP contribution in [0, 0.1) is 11.8 Å². The average molecular weight is 1160 g/mol. The number of ether oxygens (including phenoxy) is 6. The highest BCUT2D eigenvalue weighted by atomic mass is 19.1. The van der Waals surface area contributed by atoms with Crippen LogP contribution < -0.4 is 0 Å². The number of nitrogens with zero attached hydrogens (tertiary/aromatic N) is 4. The molecular formula is C62H92F2N4O14. The molecule has 3 heterocycles. The summed E-state index contributed by atoms with van der Waals surface area (Å²) in [6.07, 6.45) is -6.54. The predicted molar refractivity (Wildman–Crippen MR) is 302 cm³/mol. The van der Waals surface area contributed by atoms with Gasteiger partial charge in [0, 0.05) is 80.3 Å². The van der Waals surface area contributed by atoms with Crippen LogP contribution in [0.25, 0.3) is 0 Å². The van der Waals surface area contributed by atoms with Gasteiger partial charge in [-0.1, -0.05) is 76.2 Å². The molecule has 5 rings (SSSR count). The van der Waals surface area contributed by atoms with Crippen LogP contribution in [0.4, 0.5) is 8.78 Å². The lowest BCUT2D eigenvalue weighted by Crippen LogP contribution is -2.56. The van der Waals surface area contributed by atoms with Crippen LogP contribution in [0.1, 0.15) is 155 Å². The molecule has 3 saturated heterocycles. The Morgan fingerprint density at radius 2 is 0.866 bits per heavy atom. The normalized spacial score (nSPS) is 27.0. The van der Waals surface area contributed by atoms with Crippen LogP contribution in [0.2, 0.25) is 0 Å². The first-order chi connectivity index (χ1) is 38.3. The zero-order valence-electron chi connectivity index (χ0n) is 50.8. The van der Waals surface area contributed by atoms with Crippen LogP contribution in [0.15, 0.2) is 48.5 Å². The molecule has 0 bridgehead atoms. The number of aliphatic hydroxyl groups excluding tert-OH is 1. The van der Waals surface area contributed by atoms with Crippen molar-refractivity contribution in [3.05, 3.63) is 70.8 Å². The summed E-state index contributed by atoms with van der Waals surface area (Å²) in [6, 6.07) is 9.04. The van der Waals surface area contributed by atoms with Gasteiger partial charge in [-0.3, -0.25) is 19.2 Å². The van der Waals surface area contributed by atoms with Crippen LogP contribution in [-0.2, 0) is 74.8 Å². The lowest BCUT2D eigenvalue weighted by molar-refractivity contribution is -0.192. The molecule has 2 aromatic rings. The molecule has 4 amide bonds. The minimum atomic E-state index is -2.09. The van der Waals surface area contributed by atoms with Gasteiger partial charge in [0.15, 0.2) is 24.6 Å². The van der Waals surface area contributed by atoms with E-state index in [9.17, 15) is 29.1 Å². The second-order valence-electron chi connectivity index (χ2n) is 24.8. The highest BCUT2D eigenvalue weighted by Gasteiger charge is 2.44. The van der Waals surface area contributed by atoms with Gasteiger partial charge in [0.25, 0.3) is 23.6 Å². The zero-order valence-corrected chi connectivity index (χ0v) is 50.8. The molecule has 0 spiro atoms. The summed E-state index contributed by atoms with van der Waals surface area (Å²) in [5.74, 6) is -6.73. The monoisotopic (exact) mass is 1150 g/mol. The molecule has 0 radical (unpaired) electrons. The summed E-state index contributed by atoms with van der Waals surface area (Å²) in [4.78, 5) is 107. The van der Waals surface area contributed by atoms with E-state index in [1.807, 2.05) is 50.2 Å². The molecule has 9 atom stereocenters. The lowest BCUT2D eigenvalue weighted by atomic mass is 9.90. The first-order valence-corrected chi connectivity index (χ1v) is 29.1. The maximum absolute atomic E-state index is 15.9. The fraction of sp³-hybridized carbons (Fsp3) is 0.694. The van der Waals surface area contributed by atoms with E-state index in [0.29, 0.717) is 37.6 Å². The number of benzene rings is 2. The number of hydrogen-bond acceptors (Lipinski definition) is 14. The van der Waals surface area contributed by atoms with Gasteiger partial charge in [-0.2, -0.15) is 0 Å². The van der Waals surface area contributed by atoms with Crippen molar-refractivity contribution in [2.24, 2.45) is 11.8 Å². The van der Waals surface area contributed by atoms with Gasteiger partial charge in [0.05, 0.1) is 6.04 Å². The van der Waals surface area contributed by atoms with Crippen LogP contribution >= 0.6 is 0 Å². The average Bonchev–Trinajstić information content (AvgIpc) is 3.64. The smallest absolute Gasteiger partial charge is 0.329 e. The quantitative estimate of drug-likeness (QED) is 0.144. The van der Waals surface area contributed by atoms with Crippen LogP contribution in [0.5, 0.6) is 0 Å². The topological polar surface area (TPSA) is 208 Å². The van der Waals surface area contributed by atoms with Crippen molar-refractivity contribution in [3.63, 3.8) is 0 Å². The summed E-state index contributed by atoms with van der Waals surface area (Å²) in [5, 5.41) is 12.0. The Bertz CT molecular complexity index is 2450. The molecule has 20 heteroatoms. The first-order valence-electron chi connectivity index (χ1n) is 29.1. The standard InChI is InChI=1S/C62H92F2N4O14/c1-37(2)31-47-57(73)79-39(5)53(69)67(13)50(36-62(9,10)64)60(76)82-52(34-42-17-21-44(22-18-42)46-25-29-78-30-26-46)56(72)66(12)48(32-38(3)4)58(74)80-40(6)54(70)68(14)49(35-61(7,8)63)59(75)81-51(55(71)65(47)11)33-41-15-19-43(20-16-41)45-23-27-77-28-24-45/h15-22,37-40,45-52,57,73H,23-36H2,1-14H3/t39-,40-,47+,48+,49+,50+,51-,52-,57?/m1/s1. The summed E-state index contributed by atoms with van der Waals surface area (Å²) >= 11 is 0. The fourth-order valence-electron chi connectivity index (χ4n) is 10.9. The molecule has 1 N–H and O–H groups in total. The number of halogens is 2. The molecule has 0 aromatic heterocycles. The van der Waals surface area contributed by atoms with Gasteiger partial charge in [0.2, 0.25) is 0 Å². The third kappa shape index (κ3) is 19.2. The summed E-state index contributed by atoms with van der Waals surface area (Å²) in [6.45, 7) is 17.2. The van der Waals surface area contributed by atoms with Crippen LogP contribution in [-0.4, -0.2) is 187 Å². The maximum atomic E-state index is 15.9. The molecule has 3 aliphatic heterocycles. The second kappa shape index (κ2) is 29.8. The number of carbonyl (C=O) groups is 7. The van der Waals surface area contributed by atoms with Crippen molar-refractivity contribution in [2.75, 3.05) is 54.6 Å². The minimum Gasteiger partial charge on any atom is -0.451 e. The highest BCUT2D eigenvalue weighted by molar-refractivity contribution is 5.93. The first kappa shape index (κ1) is 67.2. The fourth-order valence-corrected chi connectivity index (χ4v) is 10.9. The Labute approximate surface area is 484 Å². The van der Waals surface area contributed by atoms with Gasteiger partial charge in [-0.15, -0.1) is 0 Å². The van der Waals surface area contributed by atoms with Gasteiger partial charge < -0.3 is 53.1 Å². The molecule has 0 saturated carbocycles. The van der Waals surface area contributed by atoms with E-state index in [0.717, 1.165) is 56.4 Å². The van der Waals surface area contributed by atoms with Crippen molar-refractivity contribution in [1.82, 2.24) is 19.6 Å². The lowest BCUT2D eigenvalue weighted by Gasteiger charge is -2.38. The molecule has 3 fully saturated rings. The summed E-state index contributed by atoms with van der Waals surface area (Å²) in [7, 11) is 5.18. The van der Waals surface area contributed by atoms with Gasteiger partial charge in [-0.05, 0) is 126 Å². The number of alkyl halides is 2. The summed E-state index contributed by atoms with van der Waals surface area (Å²) < 4.78 is 67.0. The second-order valence-corrected chi connectivity index (χ2v) is 24.8. The Morgan fingerprint density at radius 3 is 1.24 bits per heavy atom. The molecule has 458 valence electrons. The highest BCUT2D eigenvalue weighted by Crippen LogP contribution is 2.31. The van der Waals surface area contributed by atoms with E-state index in [-0.39, 0.29) is 49.4 Å². The van der Waals surface area contributed by atoms with E-state index in [4.69, 9.17) is 28.4 Å². The number of carbonyl (C=O) groups excluding carboxylic acids is 7. The number of rotatable bonds is 14. The van der Waals surface area contributed by atoms with Crippen LogP contribution in [0.3, 0.4) is 0 Å². The number of hydrogen-bond donors (Lipinski definition) is 1. The molecule has 1 unspecified atom stereocenters. The number of aliphatic hydroxyl groups is 1. The Kier molecular flexibility index (Phi) is 24.4. The van der Waals surface area contributed by atoms with Crippen molar-refractivity contribution >= 4 is 41.5 Å².